The van der Waals surface area contributed by atoms with E-state index in [0.29, 0.717) is 0 Å². The van der Waals surface area contributed by atoms with Crippen LogP contribution in [0.1, 0.15) is 11.4 Å². The minimum absolute atomic E-state index is 1.10. The number of nitrogens with zero attached hydrogens (tertiary/aromatic N) is 3. The molecule has 2 aromatic carbocycles. The van der Waals surface area contributed by atoms with Crippen molar-refractivity contribution in [3.8, 4) is 0 Å². The van der Waals surface area contributed by atoms with Gasteiger partial charge in [0.2, 0.25) is 5.52 Å². The summed E-state index contributed by atoms with van der Waals surface area (Å²) in [5, 5.41) is 4.60. The Kier molecular flexibility index (Phi) is 2.88. The van der Waals surface area contributed by atoms with Crippen molar-refractivity contribution >= 4 is 17.2 Å². The first-order valence-corrected chi connectivity index (χ1v) is 6.33. The maximum Gasteiger partial charge on any atom is 0.279 e. The maximum absolute atomic E-state index is 4.60. The van der Waals surface area contributed by atoms with Gasteiger partial charge in [0.25, 0.3) is 5.82 Å². The number of hydrogen-bond acceptors (Lipinski definition) is 1. The van der Waals surface area contributed by atoms with Crippen molar-refractivity contribution in [3.63, 3.8) is 0 Å². The van der Waals surface area contributed by atoms with Crippen LogP contribution in [0.4, 0.5) is 0 Å². The molecule has 0 unspecified atom stereocenters. The topological polar surface area (TPSA) is 21.2 Å². The molecule has 94 valence electrons. The molecule has 0 spiro atoms. The van der Waals surface area contributed by atoms with Crippen LogP contribution in [0.25, 0.3) is 11.0 Å². The lowest BCUT2D eigenvalue weighted by molar-refractivity contribution is -0.652. The molecule has 0 aliphatic carbocycles. The zero-order chi connectivity index (χ0) is 13.2. The highest BCUT2D eigenvalue weighted by molar-refractivity contribution is 5.80. The molecule has 0 atom stereocenters. The minimum Gasteiger partial charge on any atom is -0.228 e. The van der Waals surface area contributed by atoms with Crippen LogP contribution in [0.3, 0.4) is 0 Å². The number of aromatic nitrogens is 2. The lowest BCUT2D eigenvalue weighted by Gasteiger charge is -1.91. The summed E-state index contributed by atoms with van der Waals surface area (Å²) in [4.78, 5) is 0. The van der Waals surface area contributed by atoms with Gasteiger partial charge in [-0.3, -0.25) is 0 Å². The third-order valence-electron chi connectivity index (χ3n) is 3.39. The van der Waals surface area contributed by atoms with Crippen molar-refractivity contribution in [3.05, 3.63) is 66.0 Å². The Morgan fingerprint density at radius 3 is 2.47 bits per heavy atom. The summed E-state index contributed by atoms with van der Waals surface area (Å²) >= 11 is 0. The summed E-state index contributed by atoms with van der Waals surface area (Å²) in [5.41, 5.74) is 3.40. The lowest BCUT2D eigenvalue weighted by Crippen LogP contribution is -2.30. The Balaban J connectivity index is 2.11. The van der Waals surface area contributed by atoms with Gasteiger partial charge < -0.3 is 0 Å². The fourth-order valence-electron chi connectivity index (χ4n) is 2.23. The Morgan fingerprint density at radius 2 is 1.68 bits per heavy atom. The average molecular weight is 250 g/mol. The molecule has 3 heteroatoms. The second-order valence-electron chi connectivity index (χ2n) is 4.56. The van der Waals surface area contributed by atoms with Gasteiger partial charge in [0.05, 0.1) is 13.3 Å². The highest BCUT2D eigenvalue weighted by atomic mass is 15.4. The van der Waals surface area contributed by atoms with E-state index in [1.54, 1.807) is 0 Å². The quantitative estimate of drug-likeness (QED) is 0.492. The SMILES string of the molecule is Cc1n(/N=C/c2ccccc2)c2ccccc2[n+]1C. The van der Waals surface area contributed by atoms with E-state index in [2.05, 4.69) is 35.8 Å². The first kappa shape index (κ1) is 11.7. The number of benzene rings is 2. The number of aryl methyl sites for hydroxylation is 1. The van der Waals surface area contributed by atoms with Gasteiger partial charge in [-0.05, 0) is 17.7 Å². The van der Waals surface area contributed by atoms with Gasteiger partial charge in [-0.25, -0.2) is 4.57 Å². The molecule has 0 aliphatic heterocycles. The van der Waals surface area contributed by atoms with E-state index in [9.17, 15) is 0 Å². The standard InChI is InChI=1S/C16H16N3/c1-13-18(2)15-10-6-7-11-16(15)19(13)17-12-14-8-4-3-5-9-14/h3-12H,1-2H3/q+1/b17-12+. The van der Waals surface area contributed by atoms with Gasteiger partial charge >= 0.3 is 0 Å². The zero-order valence-corrected chi connectivity index (χ0v) is 11.1. The van der Waals surface area contributed by atoms with Gasteiger partial charge in [-0.15, -0.1) is 0 Å². The molecule has 0 amide bonds. The van der Waals surface area contributed by atoms with Gasteiger partial charge in [0.1, 0.15) is 0 Å². The van der Waals surface area contributed by atoms with E-state index in [4.69, 9.17) is 0 Å². The molecule has 0 N–H and O–H groups in total. The van der Waals surface area contributed by atoms with Crippen molar-refractivity contribution in [1.82, 2.24) is 4.68 Å². The van der Waals surface area contributed by atoms with Crippen LogP contribution in [0, 0.1) is 6.92 Å². The van der Waals surface area contributed by atoms with Crippen LogP contribution in [-0.4, -0.2) is 10.9 Å². The molecular formula is C16H16N3+. The van der Waals surface area contributed by atoms with Crippen molar-refractivity contribution < 1.29 is 4.57 Å². The summed E-state index contributed by atoms with van der Waals surface area (Å²) in [7, 11) is 2.06. The number of rotatable bonds is 2. The van der Waals surface area contributed by atoms with E-state index in [1.807, 2.05) is 53.4 Å². The zero-order valence-electron chi connectivity index (χ0n) is 11.1. The van der Waals surface area contributed by atoms with Crippen molar-refractivity contribution in [2.24, 2.45) is 12.1 Å². The Bertz CT molecular complexity index is 739. The van der Waals surface area contributed by atoms with Crippen LogP contribution in [0.2, 0.25) is 0 Å². The minimum atomic E-state index is 1.10. The molecule has 3 nitrogen and oxygen atoms in total. The molecule has 3 rings (SSSR count). The van der Waals surface area contributed by atoms with E-state index >= 15 is 0 Å². The fraction of sp³-hybridized carbons (Fsp3) is 0.125. The monoisotopic (exact) mass is 250 g/mol. The first-order chi connectivity index (χ1) is 9.27. The van der Waals surface area contributed by atoms with Gasteiger partial charge in [-0.2, -0.15) is 0 Å². The molecular weight excluding hydrogens is 234 g/mol. The number of hydrogen-bond donors (Lipinski definition) is 0. The van der Waals surface area contributed by atoms with Crippen molar-refractivity contribution in [2.45, 2.75) is 6.92 Å². The van der Waals surface area contributed by atoms with Crippen LogP contribution in [0.5, 0.6) is 0 Å². The normalized spacial score (nSPS) is 11.5. The predicted molar refractivity (Wildman–Crippen MR) is 77.3 cm³/mol. The number of imidazole rings is 1. The first-order valence-electron chi connectivity index (χ1n) is 6.33. The molecule has 0 bridgehead atoms. The molecule has 19 heavy (non-hydrogen) atoms. The molecule has 0 fully saturated rings. The van der Waals surface area contributed by atoms with E-state index in [-0.39, 0.29) is 0 Å². The Morgan fingerprint density at radius 1 is 1.00 bits per heavy atom. The third kappa shape index (κ3) is 2.03. The summed E-state index contributed by atoms with van der Waals surface area (Å²) in [6.45, 7) is 2.07. The van der Waals surface area contributed by atoms with Gasteiger partial charge in [-0.1, -0.05) is 52.2 Å². The smallest absolute Gasteiger partial charge is 0.228 e. The molecule has 1 aromatic heterocycles. The summed E-state index contributed by atoms with van der Waals surface area (Å²) in [5.74, 6) is 1.10. The van der Waals surface area contributed by atoms with Gasteiger partial charge in [0, 0.05) is 6.92 Å². The van der Waals surface area contributed by atoms with Crippen LogP contribution in [-0.2, 0) is 7.05 Å². The second kappa shape index (κ2) is 4.69. The Labute approximate surface area is 112 Å². The maximum atomic E-state index is 4.60. The molecule has 0 aliphatic rings. The van der Waals surface area contributed by atoms with Crippen LogP contribution >= 0.6 is 0 Å². The van der Waals surface area contributed by atoms with Crippen molar-refractivity contribution in [2.75, 3.05) is 0 Å². The van der Waals surface area contributed by atoms with E-state index in [0.717, 1.165) is 16.9 Å². The fourth-order valence-corrected chi connectivity index (χ4v) is 2.23. The van der Waals surface area contributed by atoms with E-state index in [1.165, 1.54) is 5.52 Å². The highest BCUT2D eigenvalue weighted by Gasteiger charge is 2.17. The molecule has 0 radical (unpaired) electrons. The number of fused-ring (bicyclic) bond motifs is 1. The second-order valence-corrected chi connectivity index (χ2v) is 4.56. The highest BCUT2D eigenvalue weighted by Crippen LogP contribution is 2.13. The molecule has 3 aromatic rings. The lowest BCUT2D eigenvalue weighted by atomic mass is 10.2. The summed E-state index contributed by atoms with van der Waals surface area (Å²) in [6.07, 6.45) is 1.89. The molecule has 0 saturated heterocycles. The van der Waals surface area contributed by atoms with Crippen molar-refractivity contribution in [1.29, 1.82) is 0 Å². The van der Waals surface area contributed by atoms with E-state index < -0.39 is 0 Å². The third-order valence-corrected chi connectivity index (χ3v) is 3.39. The Hall–Kier alpha value is -2.42. The van der Waals surface area contributed by atoms with Crippen LogP contribution in [0.15, 0.2) is 59.7 Å². The summed E-state index contributed by atoms with van der Waals surface area (Å²) < 4.78 is 4.12. The summed E-state index contributed by atoms with van der Waals surface area (Å²) in [6, 6.07) is 18.4. The predicted octanol–water partition coefficient (Wildman–Crippen LogP) is 2.66. The number of para-hydroxylation sites is 2. The van der Waals surface area contributed by atoms with Crippen LogP contribution < -0.4 is 4.57 Å². The average Bonchev–Trinajstić information content (AvgIpc) is 2.71. The van der Waals surface area contributed by atoms with Gasteiger partial charge in [0.15, 0.2) is 5.52 Å². The molecule has 0 saturated carbocycles. The molecule has 1 heterocycles. The largest absolute Gasteiger partial charge is 0.279 e.